The number of fused-ring (bicyclic) bond motifs is 1. The number of benzene rings is 1. The van der Waals surface area contributed by atoms with E-state index in [0.29, 0.717) is 17.5 Å². The molecule has 0 saturated heterocycles. The van der Waals surface area contributed by atoms with Crippen LogP contribution in [0.3, 0.4) is 0 Å². The van der Waals surface area contributed by atoms with Gasteiger partial charge in [-0.05, 0) is 6.07 Å². The molecular weight excluding hydrogens is 164 g/mol. The second kappa shape index (κ2) is 2.76. The molecule has 0 spiro atoms. The van der Waals surface area contributed by atoms with Crippen LogP contribution in [0.1, 0.15) is 16.1 Å². The molecule has 2 aromatic rings. The average Bonchev–Trinajstić information content (AvgIpc) is 2.55. The molecule has 0 atom stereocenters. The van der Waals surface area contributed by atoms with E-state index in [1.54, 1.807) is 0 Å². The van der Waals surface area contributed by atoms with Gasteiger partial charge in [0.25, 0.3) is 0 Å². The van der Waals surface area contributed by atoms with Gasteiger partial charge in [-0.15, -0.1) is 0 Å². The first-order valence-electron chi connectivity index (χ1n) is 3.83. The van der Waals surface area contributed by atoms with Crippen molar-refractivity contribution in [3.8, 4) is 6.07 Å². The highest BCUT2D eigenvalue weighted by molar-refractivity contribution is 5.99. The zero-order valence-corrected chi connectivity index (χ0v) is 6.74. The van der Waals surface area contributed by atoms with Gasteiger partial charge in [-0.25, -0.2) is 0 Å². The number of nitrogens with zero attached hydrogens (tertiary/aromatic N) is 1. The van der Waals surface area contributed by atoms with Gasteiger partial charge in [-0.1, -0.05) is 18.2 Å². The Labute approximate surface area is 74.6 Å². The summed E-state index contributed by atoms with van der Waals surface area (Å²) in [7, 11) is 0. The number of nitriles is 1. The number of aldehydes is 1. The lowest BCUT2D eigenvalue weighted by atomic mass is 10.1. The van der Waals surface area contributed by atoms with Crippen molar-refractivity contribution >= 4 is 17.2 Å². The first-order valence-corrected chi connectivity index (χ1v) is 3.83. The third kappa shape index (κ3) is 1.00. The molecule has 0 amide bonds. The van der Waals surface area contributed by atoms with Crippen LogP contribution in [-0.2, 0) is 0 Å². The SMILES string of the molecule is N#Cc1[nH]c2ccccc2c1C=O. The number of aromatic amines is 1. The molecule has 2 rings (SSSR count). The average molecular weight is 170 g/mol. The molecule has 0 unspecified atom stereocenters. The second-order valence-corrected chi connectivity index (χ2v) is 2.69. The standard InChI is InChI=1S/C10H6N2O/c11-5-10-8(6-13)7-3-1-2-4-9(7)12-10/h1-4,6,12H. The van der Waals surface area contributed by atoms with Crippen molar-refractivity contribution in [1.29, 1.82) is 5.26 Å². The number of aromatic nitrogens is 1. The van der Waals surface area contributed by atoms with Gasteiger partial charge in [0, 0.05) is 10.9 Å². The Balaban J connectivity index is 2.91. The van der Waals surface area contributed by atoms with E-state index in [1.165, 1.54) is 0 Å². The largest absolute Gasteiger partial charge is 0.346 e. The second-order valence-electron chi connectivity index (χ2n) is 2.69. The summed E-state index contributed by atoms with van der Waals surface area (Å²) in [5, 5.41) is 9.51. The minimum atomic E-state index is 0.330. The van der Waals surface area contributed by atoms with E-state index in [2.05, 4.69) is 4.98 Å². The van der Waals surface area contributed by atoms with E-state index in [9.17, 15) is 4.79 Å². The van der Waals surface area contributed by atoms with E-state index >= 15 is 0 Å². The molecule has 0 fully saturated rings. The molecule has 0 aliphatic rings. The molecule has 1 aromatic heterocycles. The number of H-pyrrole nitrogens is 1. The molecule has 13 heavy (non-hydrogen) atoms. The summed E-state index contributed by atoms with van der Waals surface area (Å²) in [4.78, 5) is 13.6. The lowest BCUT2D eigenvalue weighted by Crippen LogP contribution is -1.81. The summed E-state index contributed by atoms with van der Waals surface area (Å²) in [6, 6.07) is 9.29. The van der Waals surface area contributed by atoms with Crippen LogP contribution in [0.25, 0.3) is 10.9 Å². The van der Waals surface area contributed by atoms with Gasteiger partial charge in [0.1, 0.15) is 11.8 Å². The molecule has 0 bridgehead atoms. The van der Waals surface area contributed by atoms with Gasteiger partial charge in [-0.3, -0.25) is 4.79 Å². The monoisotopic (exact) mass is 170 g/mol. The van der Waals surface area contributed by atoms with Crippen molar-refractivity contribution in [3.63, 3.8) is 0 Å². The molecular formula is C10H6N2O. The number of hydrogen-bond acceptors (Lipinski definition) is 2. The molecule has 0 radical (unpaired) electrons. The molecule has 3 nitrogen and oxygen atoms in total. The summed E-state index contributed by atoms with van der Waals surface area (Å²) in [5.74, 6) is 0. The lowest BCUT2D eigenvalue weighted by molar-refractivity contribution is 0.112. The molecule has 62 valence electrons. The lowest BCUT2D eigenvalue weighted by Gasteiger charge is -1.86. The minimum absolute atomic E-state index is 0.330. The van der Waals surface area contributed by atoms with Crippen LogP contribution in [0.4, 0.5) is 0 Å². The van der Waals surface area contributed by atoms with Gasteiger partial charge in [0.15, 0.2) is 6.29 Å². The van der Waals surface area contributed by atoms with Gasteiger partial charge < -0.3 is 4.98 Å². The van der Waals surface area contributed by atoms with Crippen molar-refractivity contribution < 1.29 is 4.79 Å². The van der Waals surface area contributed by atoms with Crippen molar-refractivity contribution in [2.75, 3.05) is 0 Å². The highest BCUT2D eigenvalue weighted by atomic mass is 16.1. The van der Waals surface area contributed by atoms with Crippen LogP contribution in [0.5, 0.6) is 0 Å². The summed E-state index contributed by atoms with van der Waals surface area (Å²) in [6.45, 7) is 0. The summed E-state index contributed by atoms with van der Waals surface area (Å²) in [5.41, 5.74) is 1.59. The number of rotatable bonds is 1. The van der Waals surface area contributed by atoms with Crippen LogP contribution < -0.4 is 0 Å². The fourth-order valence-electron chi connectivity index (χ4n) is 1.37. The summed E-state index contributed by atoms with van der Waals surface area (Å²) in [6.07, 6.45) is 0.706. The highest BCUT2D eigenvalue weighted by Crippen LogP contribution is 2.19. The number of carbonyl (C=O) groups is 1. The summed E-state index contributed by atoms with van der Waals surface area (Å²) >= 11 is 0. The fourth-order valence-corrected chi connectivity index (χ4v) is 1.37. The third-order valence-electron chi connectivity index (χ3n) is 1.98. The van der Waals surface area contributed by atoms with E-state index < -0.39 is 0 Å². The van der Waals surface area contributed by atoms with E-state index in [4.69, 9.17) is 5.26 Å². The first-order chi connectivity index (χ1) is 6.36. The van der Waals surface area contributed by atoms with E-state index in [1.807, 2.05) is 30.3 Å². The first kappa shape index (κ1) is 7.56. The van der Waals surface area contributed by atoms with Crippen LogP contribution in [0, 0.1) is 11.3 Å². The van der Waals surface area contributed by atoms with E-state index in [0.717, 1.165) is 10.9 Å². The van der Waals surface area contributed by atoms with Gasteiger partial charge in [0.05, 0.1) is 5.56 Å². The van der Waals surface area contributed by atoms with E-state index in [-0.39, 0.29) is 0 Å². The zero-order valence-electron chi connectivity index (χ0n) is 6.74. The third-order valence-corrected chi connectivity index (χ3v) is 1.98. The molecule has 3 heteroatoms. The van der Waals surface area contributed by atoms with Crippen molar-refractivity contribution in [2.45, 2.75) is 0 Å². The smallest absolute Gasteiger partial charge is 0.153 e. The van der Waals surface area contributed by atoms with Crippen LogP contribution >= 0.6 is 0 Å². The maximum Gasteiger partial charge on any atom is 0.153 e. The quantitative estimate of drug-likeness (QED) is 0.664. The Morgan fingerprint density at radius 3 is 2.85 bits per heavy atom. The number of nitrogens with one attached hydrogen (secondary N) is 1. The highest BCUT2D eigenvalue weighted by Gasteiger charge is 2.08. The maximum absolute atomic E-state index is 10.7. The predicted octanol–water partition coefficient (Wildman–Crippen LogP) is 1.85. The Hall–Kier alpha value is -2.08. The molecule has 0 saturated carbocycles. The Morgan fingerprint density at radius 2 is 2.15 bits per heavy atom. The predicted molar refractivity (Wildman–Crippen MR) is 48.4 cm³/mol. The van der Waals surface area contributed by atoms with Crippen LogP contribution in [-0.4, -0.2) is 11.3 Å². The molecule has 0 aliphatic heterocycles. The molecule has 1 N–H and O–H groups in total. The fraction of sp³-hybridized carbons (Fsp3) is 0. The maximum atomic E-state index is 10.7. The van der Waals surface area contributed by atoms with Gasteiger partial charge >= 0.3 is 0 Å². The van der Waals surface area contributed by atoms with Crippen molar-refractivity contribution in [2.24, 2.45) is 0 Å². The number of para-hydroxylation sites is 1. The zero-order chi connectivity index (χ0) is 9.26. The Morgan fingerprint density at radius 1 is 1.38 bits per heavy atom. The van der Waals surface area contributed by atoms with Gasteiger partial charge in [0.2, 0.25) is 0 Å². The van der Waals surface area contributed by atoms with Crippen LogP contribution in [0.15, 0.2) is 24.3 Å². The van der Waals surface area contributed by atoms with Crippen LogP contribution in [0.2, 0.25) is 0 Å². The Bertz CT molecular complexity index is 505. The Kier molecular flexibility index (Phi) is 1.60. The summed E-state index contributed by atoms with van der Waals surface area (Å²) < 4.78 is 0. The number of hydrogen-bond donors (Lipinski definition) is 1. The topological polar surface area (TPSA) is 56.6 Å². The number of carbonyl (C=O) groups excluding carboxylic acids is 1. The minimum Gasteiger partial charge on any atom is -0.346 e. The molecule has 0 aliphatic carbocycles. The normalized spacial score (nSPS) is 9.77. The van der Waals surface area contributed by atoms with Crippen molar-refractivity contribution in [1.82, 2.24) is 4.98 Å². The van der Waals surface area contributed by atoms with Gasteiger partial charge in [-0.2, -0.15) is 5.26 Å². The van der Waals surface area contributed by atoms with Crippen molar-refractivity contribution in [3.05, 3.63) is 35.5 Å². The molecule has 1 heterocycles. The molecule has 1 aromatic carbocycles.